The molecular weight excluding hydrogens is 1210 g/mol. The van der Waals surface area contributed by atoms with Gasteiger partial charge in [-0.15, -0.1) is 0 Å². The van der Waals surface area contributed by atoms with Crippen molar-refractivity contribution in [2.75, 3.05) is 13.2 Å². The highest BCUT2D eigenvalue weighted by Gasteiger charge is 2.18. The number of rotatable bonds is 9. The Kier molecular flexibility index (Phi) is 95.9. The first-order valence-electron chi connectivity index (χ1n) is 37.3. The quantitative estimate of drug-likeness (QED) is 0.133. The van der Waals surface area contributed by atoms with Crippen molar-refractivity contribution in [3.8, 4) is 0 Å². The Morgan fingerprint density at radius 1 is 0.296 bits per heavy atom. The molecule has 0 amide bonds. The first-order valence-corrected chi connectivity index (χ1v) is 37.3. The van der Waals surface area contributed by atoms with Crippen molar-refractivity contribution in [2.24, 2.45) is 11.8 Å². The molecule has 8 aromatic rings. The second-order valence-electron chi connectivity index (χ2n) is 21.7. The Balaban J connectivity index is -0.000000126. The van der Waals surface area contributed by atoms with E-state index in [0.717, 1.165) is 48.0 Å². The molecule has 0 saturated carbocycles. The van der Waals surface area contributed by atoms with Gasteiger partial charge in [-0.1, -0.05) is 261 Å². The zero-order valence-electron chi connectivity index (χ0n) is 69.7. The topological polar surface area (TPSA) is 177 Å². The molecule has 558 valence electrons. The van der Waals surface area contributed by atoms with Gasteiger partial charge in [-0.05, 0) is 143 Å². The van der Waals surface area contributed by atoms with E-state index < -0.39 is 0 Å². The second kappa shape index (κ2) is 85.9. The maximum absolute atomic E-state index is 5.22. The zero-order chi connectivity index (χ0) is 77.5. The third-order valence-corrected chi connectivity index (χ3v) is 11.9. The highest BCUT2D eigenvalue weighted by molar-refractivity contribution is 5.14. The molecule has 0 aliphatic carbocycles. The van der Waals surface area contributed by atoms with Crippen LogP contribution in [0.4, 0.5) is 0 Å². The van der Waals surface area contributed by atoms with Gasteiger partial charge in [0.05, 0.1) is 11.9 Å². The molecule has 0 radical (unpaired) electrons. The van der Waals surface area contributed by atoms with Crippen LogP contribution < -0.4 is 0 Å². The van der Waals surface area contributed by atoms with Crippen molar-refractivity contribution in [1.29, 1.82) is 0 Å². The molecule has 8 aromatic heterocycles. The predicted octanol–water partition coefficient (Wildman–Crippen LogP) is 25.5. The summed E-state index contributed by atoms with van der Waals surface area (Å²) < 4.78 is 5.22. The molecule has 0 spiro atoms. The molecular formula is C84H151N13O. The number of nitrogens with zero attached hydrogens (tertiary/aromatic N) is 13. The molecule has 1 fully saturated rings. The fourth-order valence-corrected chi connectivity index (χ4v) is 6.39. The Bertz CT molecular complexity index is 2060. The smallest absolute Gasteiger partial charge is 0.130 e. The molecule has 14 heteroatoms. The lowest BCUT2D eigenvalue weighted by molar-refractivity contribution is 0.176. The lowest BCUT2D eigenvalue weighted by Gasteiger charge is -2.09. The maximum Gasteiger partial charge on any atom is 0.130 e. The normalized spacial score (nSPS) is 10.4. The minimum absolute atomic E-state index is 0.436. The van der Waals surface area contributed by atoms with Gasteiger partial charge in [0.25, 0.3) is 0 Å². The average molecular weight is 1360 g/mol. The van der Waals surface area contributed by atoms with Crippen molar-refractivity contribution < 1.29 is 4.74 Å². The Morgan fingerprint density at radius 3 is 1.00 bits per heavy atom. The van der Waals surface area contributed by atoms with E-state index in [0.29, 0.717) is 47.3 Å². The summed E-state index contributed by atoms with van der Waals surface area (Å²) in [6.45, 7) is 76.6. The van der Waals surface area contributed by atoms with E-state index in [1.54, 1.807) is 56.0 Å². The van der Waals surface area contributed by atoms with Crippen LogP contribution in [0, 0.1) is 11.8 Å². The Hall–Kier alpha value is -7.19. The number of hydrogen-bond donors (Lipinski definition) is 0. The van der Waals surface area contributed by atoms with Gasteiger partial charge < -0.3 is 4.74 Å². The first-order chi connectivity index (χ1) is 47.2. The lowest BCUT2D eigenvalue weighted by Crippen LogP contribution is -2.06. The molecule has 9 rings (SSSR count). The second-order valence-corrected chi connectivity index (χ2v) is 21.7. The monoisotopic (exact) mass is 1360 g/mol. The molecule has 1 unspecified atom stereocenters. The van der Waals surface area contributed by atoms with E-state index in [-0.39, 0.29) is 0 Å². The summed E-state index contributed by atoms with van der Waals surface area (Å²) in [4.78, 5) is 35.9. The standard InChI is InChI=1S/3C8H11N.5C7H10N2.C7H14O.9C2H6/c1-7(2)8-3-5-9-6-4-8;1-7(2)8-4-3-5-9-6-8;1-7(2)8-5-3-4-6-9-8;1-6(2)7-3-8-5-9-4-7;1-6(2)7-3-4-8-5-9-7;1-6(2)7-3-4-8-9-5-7;1-6(2)7-8-4-3-5-9-7;1-6(2)7-4-3-5-8-9-7;1-6(2)7-3-4-8-5-7;9*1-2/h3*3-7H,1-2H3;5*3-6H,1-2H3;6-7H,3-5H2,1-2H3;9*1-2H3. The minimum Gasteiger partial charge on any atom is -0.381 e. The van der Waals surface area contributed by atoms with Gasteiger partial charge in [0.15, 0.2) is 0 Å². The fourth-order valence-electron chi connectivity index (χ4n) is 6.39. The van der Waals surface area contributed by atoms with E-state index in [2.05, 4.69) is 196 Å². The Labute approximate surface area is 606 Å². The van der Waals surface area contributed by atoms with E-state index >= 15 is 0 Å². The summed E-state index contributed by atoms with van der Waals surface area (Å²) in [5.74, 6) is 6.85. The molecule has 0 bridgehead atoms. The van der Waals surface area contributed by atoms with Crippen LogP contribution in [0.2, 0.25) is 0 Å². The van der Waals surface area contributed by atoms with Gasteiger partial charge in [0.2, 0.25) is 0 Å². The Morgan fingerprint density at radius 2 is 0.735 bits per heavy atom. The highest BCUT2D eigenvalue weighted by Crippen LogP contribution is 2.20. The highest BCUT2D eigenvalue weighted by atomic mass is 16.5. The molecule has 98 heavy (non-hydrogen) atoms. The summed E-state index contributed by atoms with van der Waals surface area (Å²) in [7, 11) is 0. The molecule has 9 heterocycles. The van der Waals surface area contributed by atoms with Crippen LogP contribution in [-0.4, -0.2) is 78.5 Å². The predicted molar refractivity (Wildman–Crippen MR) is 431 cm³/mol. The van der Waals surface area contributed by atoms with Crippen LogP contribution in [0.15, 0.2) is 166 Å². The summed E-state index contributed by atoms with van der Waals surface area (Å²) in [5.41, 5.74) is 8.41. The lowest BCUT2D eigenvalue weighted by atomic mass is 9.96. The minimum atomic E-state index is 0.436. The summed E-state index contributed by atoms with van der Waals surface area (Å²) in [6, 6.07) is 23.8. The van der Waals surface area contributed by atoms with Crippen molar-refractivity contribution in [1.82, 2.24) is 65.3 Å². The van der Waals surface area contributed by atoms with Gasteiger partial charge in [-0.25, -0.2) is 29.9 Å². The van der Waals surface area contributed by atoms with Crippen molar-refractivity contribution >= 4 is 0 Å². The van der Waals surface area contributed by atoms with E-state index in [1.807, 2.05) is 229 Å². The van der Waals surface area contributed by atoms with E-state index in [1.165, 1.54) is 28.7 Å². The molecule has 0 N–H and O–H groups in total. The van der Waals surface area contributed by atoms with Crippen LogP contribution >= 0.6 is 0 Å². The maximum atomic E-state index is 5.22. The summed E-state index contributed by atoms with van der Waals surface area (Å²) >= 11 is 0. The number of hydrogen-bond acceptors (Lipinski definition) is 14. The number of ether oxygens (including phenoxy) is 1. The van der Waals surface area contributed by atoms with Crippen LogP contribution in [0.1, 0.15) is 348 Å². The van der Waals surface area contributed by atoms with Crippen LogP contribution in [0.3, 0.4) is 0 Å². The summed E-state index contributed by atoms with van der Waals surface area (Å²) in [6.07, 6.45) is 27.8. The number of aromatic nitrogens is 13. The molecule has 1 aliphatic heterocycles. The van der Waals surface area contributed by atoms with Gasteiger partial charge >= 0.3 is 0 Å². The van der Waals surface area contributed by atoms with Crippen molar-refractivity contribution in [3.05, 3.63) is 211 Å². The van der Waals surface area contributed by atoms with Crippen LogP contribution in [-0.2, 0) is 4.74 Å². The SMILES string of the molecule is CC.CC.CC.CC.CC.CC.CC.CC.CC.CC(C)C1CCOC1.CC(C)c1ccccn1.CC(C)c1cccnc1.CC(C)c1cccnn1.CC(C)c1ccncc1.CC(C)c1ccncn1.CC(C)c1ccnnc1.CC(C)c1cncnc1.CC(C)c1ncccn1. The van der Waals surface area contributed by atoms with Gasteiger partial charge in [0, 0.05) is 105 Å². The van der Waals surface area contributed by atoms with Gasteiger partial charge in [0.1, 0.15) is 18.5 Å². The average Bonchev–Trinajstić information content (AvgIpc) is 4.51. The van der Waals surface area contributed by atoms with E-state index in [4.69, 9.17) is 4.74 Å². The van der Waals surface area contributed by atoms with Gasteiger partial charge in [-0.2, -0.15) is 20.4 Å². The fraction of sp³-hybridized carbons (Fsp3) is 0.583. The molecule has 1 aliphatic rings. The third-order valence-electron chi connectivity index (χ3n) is 11.9. The molecule has 1 saturated heterocycles. The summed E-state index contributed by atoms with van der Waals surface area (Å²) in [5, 5.41) is 15.1. The van der Waals surface area contributed by atoms with Crippen molar-refractivity contribution in [3.63, 3.8) is 0 Å². The van der Waals surface area contributed by atoms with Gasteiger partial charge in [-0.3, -0.25) is 15.0 Å². The third kappa shape index (κ3) is 68.7. The van der Waals surface area contributed by atoms with Crippen LogP contribution in [0.25, 0.3) is 0 Å². The van der Waals surface area contributed by atoms with Crippen LogP contribution in [0.5, 0.6) is 0 Å². The first kappa shape index (κ1) is 109. The molecule has 1 atom stereocenters. The largest absolute Gasteiger partial charge is 0.381 e. The number of pyridine rings is 3. The zero-order valence-corrected chi connectivity index (χ0v) is 69.7. The van der Waals surface area contributed by atoms with E-state index in [9.17, 15) is 0 Å². The van der Waals surface area contributed by atoms with Crippen molar-refractivity contribution in [2.45, 2.75) is 303 Å². The molecule has 14 nitrogen and oxygen atoms in total. The molecule has 0 aromatic carbocycles.